The number of hydrazine groups is 1. The molecule has 7 nitrogen and oxygen atoms in total. The molecule has 3 rings (SSSR count). The highest BCUT2D eigenvalue weighted by molar-refractivity contribution is 5.53. The molecule has 0 aliphatic rings. The predicted octanol–water partition coefficient (Wildman–Crippen LogP) is 1.42. The quantitative estimate of drug-likeness (QED) is 0.404. The minimum Gasteiger partial charge on any atom is -0.475 e. The fourth-order valence-electron chi connectivity index (χ4n) is 2.06. The molecular formula is C14H16N6O. The van der Waals surface area contributed by atoms with E-state index in [1.54, 1.807) is 24.8 Å². The second-order valence-electron chi connectivity index (χ2n) is 4.54. The molecule has 3 aromatic heterocycles. The summed E-state index contributed by atoms with van der Waals surface area (Å²) in [6.45, 7) is 0.561. The van der Waals surface area contributed by atoms with Gasteiger partial charge in [-0.1, -0.05) is 0 Å². The lowest BCUT2D eigenvalue weighted by atomic mass is 10.1. The van der Waals surface area contributed by atoms with E-state index in [2.05, 4.69) is 20.4 Å². The SMILES string of the molecule is NNc1cn2ccnc2c(OCCCc2ccncc2)n1. The van der Waals surface area contributed by atoms with Gasteiger partial charge in [0.2, 0.25) is 5.65 Å². The van der Waals surface area contributed by atoms with Gasteiger partial charge in [0, 0.05) is 24.8 Å². The number of hydrogen-bond acceptors (Lipinski definition) is 6. The second-order valence-corrected chi connectivity index (χ2v) is 4.54. The molecule has 0 unspecified atom stereocenters. The number of imidazole rings is 1. The molecule has 108 valence electrons. The van der Waals surface area contributed by atoms with Gasteiger partial charge in [0.1, 0.15) is 0 Å². The van der Waals surface area contributed by atoms with E-state index in [0.29, 0.717) is 24.0 Å². The molecule has 0 fully saturated rings. The van der Waals surface area contributed by atoms with Crippen molar-refractivity contribution >= 4 is 11.5 Å². The summed E-state index contributed by atoms with van der Waals surface area (Å²) in [6, 6.07) is 4.01. The van der Waals surface area contributed by atoms with Gasteiger partial charge in [-0.2, -0.15) is 4.98 Å². The molecule has 7 heteroatoms. The number of anilines is 1. The maximum atomic E-state index is 5.74. The molecule has 0 saturated carbocycles. The van der Waals surface area contributed by atoms with Crippen LogP contribution in [-0.4, -0.2) is 26.0 Å². The summed E-state index contributed by atoms with van der Waals surface area (Å²) in [5, 5.41) is 0. The van der Waals surface area contributed by atoms with Gasteiger partial charge in [-0.15, -0.1) is 0 Å². The molecule has 3 aromatic rings. The maximum Gasteiger partial charge on any atom is 0.260 e. The fraction of sp³-hybridized carbons (Fsp3) is 0.214. The van der Waals surface area contributed by atoms with Crippen molar-refractivity contribution in [2.75, 3.05) is 12.0 Å². The molecule has 0 spiro atoms. The first-order valence-electron chi connectivity index (χ1n) is 6.69. The van der Waals surface area contributed by atoms with Crippen molar-refractivity contribution in [3.8, 4) is 5.88 Å². The summed E-state index contributed by atoms with van der Waals surface area (Å²) in [4.78, 5) is 12.5. The number of aromatic nitrogens is 4. The predicted molar refractivity (Wildman–Crippen MR) is 78.9 cm³/mol. The highest BCUT2D eigenvalue weighted by atomic mass is 16.5. The third-order valence-electron chi connectivity index (χ3n) is 3.09. The minimum absolute atomic E-state index is 0.477. The molecule has 0 aliphatic carbocycles. The van der Waals surface area contributed by atoms with Crippen LogP contribution in [0.5, 0.6) is 5.88 Å². The number of fused-ring (bicyclic) bond motifs is 1. The topological polar surface area (TPSA) is 90.4 Å². The van der Waals surface area contributed by atoms with Crippen molar-refractivity contribution in [1.82, 2.24) is 19.4 Å². The van der Waals surface area contributed by atoms with Crippen LogP contribution in [0.4, 0.5) is 5.82 Å². The van der Waals surface area contributed by atoms with E-state index in [9.17, 15) is 0 Å². The Hall–Kier alpha value is -2.67. The van der Waals surface area contributed by atoms with Crippen LogP contribution in [0.3, 0.4) is 0 Å². The van der Waals surface area contributed by atoms with Gasteiger partial charge >= 0.3 is 0 Å². The molecule has 0 saturated heterocycles. The van der Waals surface area contributed by atoms with Gasteiger partial charge in [-0.05, 0) is 30.5 Å². The molecule has 0 bridgehead atoms. The molecule has 0 radical (unpaired) electrons. The Kier molecular flexibility index (Phi) is 3.92. The van der Waals surface area contributed by atoms with Gasteiger partial charge in [-0.25, -0.2) is 10.8 Å². The van der Waals surface area contributed by atoms with Crippen molar-refractivity contribution in [2.45, 2.75) is 12.8 Å². The molecule has 0 amide bonds. The summed E-state index contributed by atoms with van der Waals surface area (Å²) in [7, 11) is 0. The monoisotopic (exact) mass is 284 g/mol. The van der Waals surface area contributed by atoms with Crippen LogP contribution in [0.1, 0.15) is 12.0 Å². The van der Waals surface area contributed by atoms with Gasteiger partial charge in [0.25, 0.3) is 5.88 Å². The minimum atomic E-state index is 0.477. The second kappa shape index (κ2) is 6.19. The number of nitrogen functional groups attached to an aromatic ring is 1. The van der Waals surface area contributed by atoms with E-state index in [0.717, 1.165) is 12.8 Å². The average molecular weight is 284 g/mol. The highest BCUT2D eigenvalue weighted by Crippen LogP contribution is 2.18. The number of nitrogens with one attached hydrogen (secondary N) is 1. The van der Waals surface area contributed by atoms with E-state index in [1.165, 1.54) is 5.56 Å². The van der Waals surface area contributed by atoms with Gasteiger partial charge in [0.15, 0.2) is 5.82 Å². The normalized spacial score (nSPS) is 10.7. The summed E-state index contributed by atoms with van der Waals surface area (Å²) in [5.74, 6) is 6.41. The third-order valence-corrected chi connectivity index (χ3v) is 3.09. The number of rotatable bonds is 6. The lowest BCUT2D eigenvalue weighted by Gasteiger charge is -2.08. The van der Waals surface area contributed by atoms with Crippen LogP contribution in [0, 0.1) is 0 Å². The van der Waals surface area contributed by atoms with Crippen LogP contribution >= 0.6 is 0 Å². The van der Waals surface area contributed by atoms with E-state index in [-0.39, 0.29) is 0 Å². The Morgan fingerprint density at radius 1 is 1.24 bits per heavy atom. The third kappa shape index (κ3) is 3.09. The lowest BCUT2D eigenvalue weighted by molar-refractivity contribution is 0.301. The van der Waals surface area contributed by atoms with E-state index in [1.807, 2.05) is 22.7 Å². The molecule has 0 aliphatic heterocycles. The summed E-state index contributed by atoms with van der Waals surface area (Å²) < 4.78 is 7.56. The average Bonchev–Trinajstić information content (AvgIpc) is 3.00. The Morgan fingerprint density at radius 3 is 2.90 bits per heavy atom. The van der Waals surface area contributed by atoms with Crippen molar-refractivity contribution in [2.24, 2.45) is 5.84 Å². The van der Waals surface area contributed by atoms with Crippen molar-refractivity contribution in [3.05, 3.63) is 48.7 Å². The van der Waals surface area contributed by atoms with Crippen LogP contribution in [0.2, 0.25) is 0 Å². The van der Waals surface area contributed by atoms with Crippen LogP contribution in [0.15, 0.2) is 43.1 Å². The Morgan fingerprint density at radius 2 is 2.10 bits per heavy atom. The van der Waals surface area contributed by atoms with E-state index in [4.69, 9.17) is 10.6 Å². The molecule has 3 N–H and O–H groups in total. The summed E-state index contributed by atoms with van der Waals surface area (Å²) in [5.41, 5.74) is 4.44. The standard InChI is InChI=1S/C14H16N6O/c15-19-12-10-20-8-7-17-13(20)14(18-12)21-9-1-2-11-3-5-16-6-4-11/h3-8,10,19H,1-2,9,15H2. The zero-order valence-corrected chi connectivity index (χ0v) is 11.4. The summed E-state index contributed by atoms with van der Waals surface area (Å²) >= 11 is 0. The molecule has 0 atom stereocenters. The van der Waals surface area contributed by atoms with Crippen LogP contribution in [0.25, 0.3) is 5.65 Å². The van der Waals surface area contributed by atoms with Gasteiger partial charge in [0.05, 0.1) is 12.8 Å². The summed E-state index contributed by atoms with van der Waals surface area (Å²) in [6.07, 6.45) is 10.7. The van der Waals surface area contributed by atoms with E-state index >= 15 is 0 Å². The fourth-order valence-corrected chi connectivity index (χ4v) is 2.06. The molecular weight excluding hydrogens is 268 g/mol. The zero-order valence-electron chi connectivity index (χ0n) is 11.4. The number of aryl methyl sites for hydroxylation is 1. The largest absolute Gasteiger partial charge is 0.475 e. The molecule has 0 aromatic carbocycles. The number of hydrogen-bond donors (Lipinski definition) is 2. The smallest absolute Gasteiger partial charge is 0.260 e. The Labute approximate surface area is 121 Å². The molecule has 21 heavy (non-hydrogen) atoms. The first kappa shape index (κ1) is 13.3. The van der Waals surface area contributed by atoms with Crippen LogP contribution in [-0.2, 0) is 6.42 Å². The van der Waals surface area contributed by atoms with Crippen molar-refractivity contribution < 1.29 is 4.74 Å². The highest BCUT2D eigenvalue weighted by Gasteiger charge is 2.08. The zero-order chi connectivity index (χ0) is 14.5. The first-order chi connectivity index (χ1) is 10.4. The van der Waals surface area contributed by atoms with Gasteiger partial charge in [-0.3, -0.25) is 9.38 Å². The number of pyridine rings is 1. The first-order valence-corrected chi connectivity index (χ1v) is 6.69. The van der Waals surface area contributed by atoms with Crippen molar-refractivity contribution in [1.29, 1.82) is 0 Å². The van der Waals surface area contributed by atoms with Crippen molar-refractivity contribution in [3.63, 3.8) is 0 Å². The Bertz CT molecular complexity index is 712. The number of nitrogens with two attached hydrogens (primary N) is 1. The van der Waals surface area contributed by atoms with Gasteiger partial charge < -0.3 is 10.2 Å². The number of ether oxygens (including phenoxy) is 1. The molecule has 3 heterocycles. The van der Waals surface area contributed by atoms with Crippen LogP contribution < -0.4 is 16.0 Å². The van der Waals surface area contributed by atoms with E-state index < -0.39 is 0 Å². The lowest BCUT2D eigenvalue weighted by Crippen LogP contribution is -2.11. The maximum absolute atomic E-state index is 5.74. The Balaban J connectivity index is 1.63. The number of nitrogens with zero attached hydrogens (tertiary/aromatic N) is 4.